The van der Waals surface area contributed by atoms with Crippen molar-refractivity contribution >= 4 is 11.7 Å². The molecule has 156 valence electrons. The van der Waals surface area contributed by atoms with Crippen molar-refractivity contribution in [2.45, 2.75) is 37.5 Å². The lowest BCUT2D eigenvalue weighted by molar-refractivity contribution is -0.123. The maximum absolute atomic E-state index is 12.8. The second-order valence-corrected chi connectivity index (χ2v) is 8.31. The quantitative estimate of drug-likeness (QED) is 0.713. The molecule has 3 fully saturated rings. The second kappa shape index (κ2) is 8.20. The Balaban J connectivity index is 1.16. The Morgan fingerprint density at radius 2 is 1.60 bits per heavy atom. The maximum Gasteiger partial charge on any atom is 0.223 e. The summed E-state index contributed by atoms with van der Waals surface area (Å²) in [5.74, 6) is 1.78. The second-order valence-electron chi connectivity index (χ2n) is 8.31. The first-order valence-electron chi connectivity index (χ1n) is 10.6. The van der Waals surface area contributed by atoms with E-state index in [1.54, 1.807) is 12.1 Å². The third kappa shape index (κ3) is 4.11. The molecule has 0 bridgehead atoms. The van der Waals surface area contributed by atoms with Crippen LogP contribution in [0.1, 0.15) is 29.6 Å². The molecule has 4 atom stereocenters. The molecule has 2 heterocycles. The Kier molecular flexibility index (Phi) is 5.27. The molecule has 0 radical (unpaired) electrons. The zero-order valence-electron chi connectivity index (χ0n) is 16.7. The third-order valence-electron chi connectivity index (χ3n) is 6.03. The molecule has 6 heteroatoms. The predicted octanol–water partition coefficient (Wildman–Crippen LogP) is 3.36. The number of nitrogens with one attached hydrogen (secondary N) is 1. The topological polar surface area (TPSA) is 73.9 Å². The minimum absolute atomic E-state index is 0.00516. The highest BCUT2D eigenvalue weighted by Gasteiger charge is 2.49. The zero-order valence-corrected chi connectivity index (χ0v) is 16.7. The lowest BCUT2D eigenvalue weighted by Gasteiger charge is -2.17. The van der Waals surface area contributed by atoms with Gasteiger partial charge in [0.05, 0.1) is 25.4 Å². The number of ketones is 1. The van der Waals surface area contributed by atoms with Gasteiger partial charge in [-0.2, -0.15) is 0 Å². The summed E-state index contributed by atoms with van der Waals surface area (Å²) < 4.78 is 17.6. The van der Waals surface area contributed by atoms with Crippen LogP contribution in [0, 0.1) is 11.8 Å². The van der Waals surface area contributed by atoms with Gasteiger partial charge in [0.2, 0.25) is 5.91 Å². The van der Waals surface area contributed by atoms with Crippen molar-refractivity contribution in [2.24, 2.45) is 11.8 Å². The van der Waals surface area contributed by atoms with Crippen molar-refractivity contribution in [3.63, 3.8) is 0 Å². The molecular formula is C24H25NO5. The van der Waals surface area contributed by atoms with Crippen LogP contribution in [0.25, 0.3) is 0 Å². The number of para-hydroxylation sites is 1. The Hall–Kier alpha value is -2.70. The normalized spacial score (nSPS) is 27.5. The minimum Gasteiger partial charge on any atom is -0.457 e. The van der Waals surface area contributed by atoms with E-state index in [4.69, 9.17) is 14.2 Å². The maximum atomic E-state index is 12.8. The van der Waals surface area contributed by atoms with E-state index in [0.29, 0.717) is 30.9 Å². The zero-order chi connectivity index (χ0) is 20.5. The van der Waals surface area contributed by atoms with Gasteiger partial charge >= 0.3 is 0 Å². The van der Waals surface area contributed by atoms with Crippen LogP contribution in [0.3, 0.4) is 0 Å². The molecule has 30 heavy (non-hydrogen) atoms. The largest absolute Gasteiger partial charge is 0.457 e. The van der Waals surface area contributed by atoms with E-state index in [1.807, 2.05) is 42.5 Å². The first kappa shape index (κ1) is 19.3. The first-order valence-corrected chi connectivity index (χ1v) is 10.6. The fourth-order valence-corrected chi connectivity index (χ4v) is 4.21. The molecular weight excluding hydrogens is 382 g/mol. The Morgan fingerprint density at radius 3 is 2.33 bits per heavy atom. The van der Waals surface area contributed by atoms with Gasteiger partial charge in [-0.3, -0.25) is 9.59 Å². The van der Waals surface area contributed by atoms with Crippen LogP contribution in [0.5, 0.6) is 11.5 Å². The summed E-state index contributed by atoms with van der Waals surface area (Å²) in [5, 5.41) is 3.06. The molecule has 0 unspecified atom stereocenters. The molecule has 0 spiro atoms. The number of hydrogen-bond acceptors (Lipinski definition) is 5. The van der Waals surface area contributed by atoms with Crippen molar-refractivity contribution in [3.8, 4) is 11.5 Å². The average Bonchev–Trinajstić information content (AvgIpc) is 3.44. The van der Waals surface area contributed by atoms with E-state index in [0.717, 1.165) is 18.6 Å². The van der Waals surface area contributed by atoms with Crippen molar-refractivity contribution in [1.29, 1.82) is 0 Å². The van der Waals surface area contributed by atoms with E-state index < -0.39 is 0 Å². The summed E-state index contributed by atoms with van der Waals surface area (Å²) >= 11 is 0. The van der Waals surface area contributed by atoms with E-state index >= 15 is 0 Å². The molecule has 1 N–H and O–H groups in total. The lowest BCUT2D eigenvalue weighted by atomic mass is 9.93. The molecule has 2 aliphatic heterocycles. The summed E-state index contributed by atoms with van der Waals surface area (Å²) in [4.78, 5) is 24.8. The average molecular weight is 407 g/mol. The fraction of sp³-hybridized carbons (Fsp3) is 0.417. The Bertz CT molecular complexity index is 909. The molecule has 1 aliphatic carbocycles. The summed E-state index contributed by atoms with van der Waals surface area (Å²) in [6.07, 6.45) is 2.01. The molecule has 1 amide bonds. The number of rotatable bonds is 7. The van der Waals surface area contributed by atoms with E-state index in [9.17, 15) is 9.59 Å². The lowest BCUT2D eigenvalue weighted by Crippen LogP contribution is -2.44. The fourth-order valence-electron chi connectivity index (χ4n) is 4.21. The van der Waals surface area contributed by atoms with Crippen molar-refractivity contribution in [3.05, 3.63) is 60.2 Å². The first-order chi connectivity index (χ1) is 14.7. The number of hydrogen-bond donors (Lipinski definition) is 1. The summed E-state index contributed by atoms with van der Waals surface area (Å²) in [6.45, 7) is 0.927. The number of ether oxygens (including phenoxy) is 3. The van der Waals surface area contributed by atoms with Crippen LogP contribution in [0.4, 0.5) is 0 Å². The number of amides is 1. The Labute approximate surface area is 175 Å². The van der Waals surface area contributed by atoms with Gasteiger partial charge in [0.15, 0.2) is 5.78 Å². The monoisotopic (exact) mass is 407 g/mol. The molecule has 0 aromatic heterocycles. The molecule has 2 aromatic rings. The molecule has 1 saturated carbocycles. The number of fused-ring (bicyclic) bond motifs is 1. The third-order valence-corrected chi connectivity index (χ3v) is 6.03. The smallest absolute Gasteiger partial charge is 0.223 e. The van der Waals surface area contributed by atoms with Gasteiger partial charge in [0.25, 0.3) is 0 Å². The van der Waals surface area contributed by atoms with Crippen LogP contribution < -0.4 is 10.1 Å². The highest BCUT2D eigenvalue weighted by atomic mass is 16.6. The van der Waals surface area contributed by atoms with Gasteiger partial charge in [-0.15, -0.1) is 0 Å². The molecule has 3 aliphatic rings. The predicted molar refractivity (Wildman–Crippen MR) is 110 cm³/mol. The number of carbonyl (C=O) groups excluding carboxylic acids is 2. The molecule has 2 aromatic carbocycles. The van der Waals surface area contributed by atoms with Gasteiger partial charge in [-0.25, -0.2) is 0 Å². The van der Waals surface area contributed by atoms with E-state index in [1.165, 1.54) is 0 Å². The van der Waals surface area contributed by atoms with Crippen molar-refractivity contribution in [1.82, 2.24) is 5.32 Å². The summed E-state index contributed by atoms with van der Waals surface area (Å²) in [7, 11) is 0. The number of Topliss-reactive ketones (excluding diaryl/α,β-unsaturated/α-hetero) is 1. The van der Waals surface area contributed by atoms with Gasteiger partial charge < -0.3 is 19.5 Å². The summed E-state index contributed by atoms with van der Waals surface area (Å²) in [5.41, 5.74) is 0.649. The van der Waals surface area contributed by atoms with Crippen LogP contribution in [0.15, 0.2) is 54.6 Å². The van der Waals surface area contributed by atoms with Gasteiger partial charge in [-0.1, -0.05) is 18.2 Å². The molecule has 6 nitrogen and oxygen atoms in total. The molecule has 5 rings (SSSR count). The van der Waals surface area contributed by atoms with E-state index in [-0.39, 0.29) is 41.8 Å². The minimum atomic E-state index is -0.160. The standard InChI is InChI=1S/C24H25NO5/c26-21(15-8-10-19(11-9-15)30-18-4-2-1-3-5-18)12-17-13-28-23-20(14-29-22(17)23)25-24(27)16-6-7-16/h1-5,8-11,16-17,20,22-23H,6-7,12-14H2,(H,25,27)/t17-,20-,22+,23+/m0/s1. The van der Waals surface area contributed by atoms with Gasteiger partial charge in [0, 0.05) is 23.8 Å². The Morgan fingerprint density at radius 1 is 0.900 bits per heavy atom. The molecule has 2 saturated heterocycles. The summed E-state index contributed by atoms with van der Waals surface area (Å²) in [6, 6.07) is 16.6. The van der Waals surface area contributed by atoms with Crippen LogP contribution in [-0.2, 0) is 14.3 Å². The van der Waals surface area contributed by atoms with Crippen molar-refractivity contribution in [2.75, 3.05) is 13.2 Å². The highest BCUT2D eigenvalue weighted by Crippen LogP contribution is 2.35. The van der Waals surface area contributed by atoms with Crippen LogP contribution >= 0.6 is 0 Å². The highest BCUT2D eigenvalue weighted by molar-refractivity contribution is 5.96. The van der Waals surface area contributed by atoms with Crippen LogP contribution in [0.2, 0.25) is 0 Å². The number of benzene rings is 2. The van der Waals surface area contributed by atoms with Gasteiger partial charge in [-0.05, 0) is 49.2 Å². The number of carbonyl (C=O) groups is 2. The van der Waals surface area contributed by atoms with E-state index in [2.05, 4.69) is 5.32 Å². The van der Waals surface area contributed by atoms with Crippen molar-refractivity contribution < 1.29 is 23.8 Å². The van der Waals surface area contributed by atoms with Gasteiger partial charge in [0.1, 0.15) is 17.6 Å². The SMILES string of the molecule is O=C(C[C@H]1CO[C@H]2[C@@H]1OC[C@@H]2NC(=O)C1CC1)c1ccc(Oc2ccccc2)cc1. The van der Waals surface area contributed by atoms with Crippen LogP contribution in [-0.4, -0.2) is 43.2 Å².